The Morgan fingerprint density at radius 1 is 1.26 bits per heavy atom. The lowest BCUT2D eigenvalue weighted by atomic mass is 9.90. The number of nitrogens with one attached hydrogen (secondary N) is 1. The molecule has 1 N–H and O–H groups in total. The van der Waals surface area contributed by atoms with Gasteiger partial charge in [-0.2, -0.15) is 0 Å². The van der Waals surface area contributed by atoms with E-state index in [4.69, 9.17) is 4.74 Å². The second kappa shape index (κ2) is 4.49. The molecule has 0 radical (unpaired) electrons. The van der Waals surface area contributed by atoms with Gasteiger partial charge in [0, 0.05) is 52.8 Å². The van der Waals surface area contributed by atoms with Crippen molar-refractivity contribution in [3.63, 3.8) is 0 Å². The third-order valence-electron chi connectivity index (χ3n) is 4.52. The second-order valence-corrected chi connectivity index (χ2v) is 5.99. The van der Waals surface area contributed by atoms with Crippen molar-refractivity contribution >= 4 is 16.9 Å². The first-order chi connectivity index (χ1) is 11.3. The summed E-state index contributed by atoms with van der Waals surface area (Å²) < 4.78 is 5.62. The highest BCUT2D eigenvalue weighted by Crippen LogP contribution is 2.39. The van der Waals surface area contributed by atoms with E-state index in [1.54, 1.807) is 6.20 Å². The summed E-state index contributed by atoms with van der Waals surface area (Å²) in [5, 5.41) is 0.881. The van der Waals surface area contributed by atoms with Crippen LogP contribution in [0.15, 0.2) is 78.1 Å². The summed E-state index contributed by atoms with van der Waals surface area (Å²) >= 11 is 0. The smallest absolute Gasteiger partial charge is 0.345 e. The van der Waals surface area contributed by atoms with Crippen LogP contribution in [0.1, 0.15) is 16.8 Å². The number of hydrogen-bond donors (Lipinski definition) is 1. The van der Waals surface area contributed by atoms with Crippen molar-refractivity contribution in [3.05, 3.63) is 83.7 Å². The van der Waals surface area contributed by atoms with Gasteiger partial charge in [0.2, 0.25) is 0 Å². The van der Waals surface area contributed by atoms with Gasteiger partial charge < -0.3 is 14.6 Å². The minimum absolute atomic E-state index is 0.332. The van der Waals surface area contributed by atoms with Crippen molar-refractivity contribution in [2.24, 2.45) is 5.92 Å². The summed E-state index contributed by atoms with van der Waals surface area (Å²) in [6, 6.07) is 7.72. The van der Waals surface area contributed by atoms with Crippen LogP contribution in [0.2, 0.25) is 0 Å². The molecule has 0 fully saturated rings. The maximum absolute atomic E-state index is 12.5. The van der Waals surface area contributed by atoms with Crippen LogP contribution in [0, 0.1) is 5.92 Å². The zero-order valence-electron chi connectivity index (χ0n) is 12.3. The largest absolute Gasteiger partial charge is 0.423 e. The van der Waals surface area contributed by atoms with Crippen molar-refractivity contribution in [2.75, 3.05) is 0 Å². The monoisotopic (exact) mass is 302 g/mol. The molecule has 1 aromatic carbocycles. The maximum atomic E-state index is 12.5. The van der Waals surface area contributed by atoms with Crippen molar-refractivity contribution in [1.82, 2.24) is 9.88 Å². The first-order valence-corrected chi connectivity index (χ1v) is 7.68. The average molecular weight is 302 g/mol. The van der Waals surface area contributed by atoms with Gasteiger partial charge in [-0.05, 0) is 12.5 Å². The van der Waals surface area contributed by atoms with E-state index in [0.29, 0.717) is 17.2 Å². The molecule has 112 valence electrons. The van der Waals surface area contributed by atoms with Gasteiger partial charge in [0.25, 0.3) is 0 Å². The third kappa shape index (κ3) is 1.88. The van der Waals surface area contributed by atoms with Crippen molar-refractivity contribution in [3.8, 4) is 0 Å². The fraction of sp³-hybridized carbons (Fsp3) is 0.105. The molecule has 0 aliphatic carbocycles. The Kier molecular flexibility index (Phi) is 2.45. The molecule has 5 heterocycles. The Morgan fingerprint density at radius 3 is 3.04 bits per heavy atom. The number of esters is 1. The van der Waals surface area contributed by atoms with E-state index in [0.717, 1.165) is 23.0 Å². The molecular formula is C19H14N2O2. The molecule has 0 saturated heterocycles. The van der Waals surface area contributed by atoms with Gasteiger partial charge in [0.15, 0.2) is 0 Å². The number of aromatic nitrogens is 1. The molecule has 4 aliphatic heterocycles. The first-order valence-electron chi connectivity index (χ1n) is 7.68. The van der Waals surface area contributed by atoms with Gasteiger partial charge in [-0.3, -0.25) is 0 Å². The summed E-state index contributed by atoms with van der Waals surface area (Å²) in [6.45, 7) is 0. The predicted octanol–water partition coefficient (Wildman–Crippen LogP) is 3.84. The molecule has 4 nitrogen and oxygen atoms in total. The fourth-order valence-corrected chi connectivity index (χ4v) is 3.43. The lowest BCUT2D eigenvalue weighted by Gasteiger charge is -2.38. The second-order valence-electron chi connectivity index (χ2n) is 5.99. The van der Waals surface area contributed by atoms with Crippen LogP contribution in [0.25, 0.3) is 10.9 Å². The van der Waals surface area contributed by atoms with Crippen LogP contribution in [0.3, 0.4) is 0 Å². The van der Waals surface area contributed by atoms with E-state index in [1.165, 1.54) is 5.70 Å². The number of benzene rings is 1. The highest BCUT2D eigenvalue weighted by molar-refractivity contribution is 6.04. The van der Waals surface area contributed by atoms with Crippen LogP contribution in [0.4, 0.5) is 0 Å². The molecule has 23 heavy (non-hydrogen) atoms. The summed E-state index contributed by atoms with van der Waals surface area (Å²) in [5.74, 6) is 0.733. The molecule has 0 amide bonds. The van der Waals surface area contributed by atoms with Crippen LogP contribution < -0.4 is 0 Å². The van der Waals surface area contributed by atoms with Gasteiger partial charge in [-0.15, -0.1) is 0 Å². The number of hydrogen-bond acceptors (Lipinski definition) is 3. The van der Waals surface area contributed by atoms with E-state index in [9.17, 15) is 4.79 Å². The van der Waals surface area contributed by atoms with Gasteiger partial charge in [-0.25, -0.2) is 4.79 Å². The molecule has 0 spiro atoms. The summed E-state index contributed by atoms with van der Waals surface area (Å²) in [6.07, 6.45) is 13.0. The minimum Gasteiger partial charge on any atom is -0.423 e. The molecule has 4 aliphatic rings. The van der Waals surface area contributed by atoms with Gasteiger partial charge in [0.1, 0.15) is 5.76 Å². The highest BCUT2D eigenvalue weighted by atomic mass is 16.5. The van der Waals surface area contributed by atoms with Crippen molar-refractivity contribution in [2.45, 2.75) is 6.42 Å². The molecule has 1 atom stereocenters. The van der Waals surface area contributed by atoms with Crippen molar-refractivity contribution in [1.29, 1.82) is 0 Å². The van der Waals surface area contributed by atoms with Gasteiger partial charge in [-0.1, -0.05) is 30.4 Å². The normalized spacial score (nSPS) is 21.1. The fourth-order valence-electron chi connectivity index (χ4n) is 3.43. The summed E-state index contributed by atoms with van der Waals surface area (Å²) in [4.78, 5) is 17.8. The number of carbonyl (C=O) groups excluding carboxylic acids is 1. The average Bonchev–Trinajstić information content (AvgIpc) is 2.99. The number of carbonyl (C=O) groups is 1. The lowest BCUT2D eigenvalue weighted by Crippen LogP contribution is -2.29. The molecule has 1 aromatic heterocycles. The summed E-state index contributed by atoms with van der Waals surface area (Å²) in [7, 11) is 0. The Morgan fingerprint density at radius 2 is 2.17 bits per heavy atom. The number of fused-ring (bicyclic) bond motifs is 1. The quantitative estimate of drug-likeness (QED) is 0.857. The molecule has 6 rings (SSSR count). The van der Waals surface area contributed by atoms with Crippen LogP contribution >= 0.6 is 0 Å². The zero-order chi connectivity index (χ0) is 15.4. The number of aromatic amines is 1. The van der Waals surface area contributed by atoms with Crippen LogP contribution in [-0.4, -0.2) is 15.9 Å². The Labute approximate surface area is 133 Å². The number of nitrogens with zero attached hydrogens (tertiary/aromatic N) is 1. The molecule has 4 bridgehead atoms. The van der Waals surface area contributed by atoms with E-state index in [1.807, 2.05) is 36.4 Å². The SMILES string of the molecule is O=C(OC1=CC2=CC3C=CN2C(=C1)C3)c1c[nH]c2ccccc12. The number of H-pyrrole nitrogens is 1. The Bertz CT molecular complexity index is 959. The Balaban J connectivity index is 1.46. The third-order valence-corrected chi connectivity index (χ3v) is 4.52. The minimum atomic E-state index is -0.332. The molecule has 1 unspecified atom stereocenters. The molecule has 2 aromatic rings. The van der Waals surface area contributed by atoms with Crippen LogP contribution in [-0.2, 0) is 4.74 Å². The van der Waals surface area contributed by atoms with Gasteiger partial charge >= 0.3 is 5.97 Å². The van der Waals surface area contributed by atoms with Gasteiger partial charge in [0.05, 0.1) is 5.56 Å². The molecule has 0 saturated carbocycles. The van der Waals surface area contributed by atoms with Crippen molar-refractivity contribution < 1.29 is 9.53 Å². The van der Waals surface area contributed by atoms with Crippen LogP contribution in [0.5, 0.6) is 0 Å². The number of ether oxygens (including phenoxy) is 1. The van der Waals surface area contributed by atoms with E-state index >= 15 is 0 Å². The molecular weight excluding hydrogens is 288 g/mol. The topological polar surface area (TPSA) is 45.3 Å². The first kappa shape index (κ1) is 12.5. The zero-order valence-corrected chi connectivity index (χ0v) is 12.3. The van der Waals surface area contributed by atoms with E-state index < -0.39 is 0 Å². The lowest BCUT2D eigenvalue weighted by molar-refractivity contribution is 0.0636. The summed E-state index contributed by atoms with van der Waals surface area (Å²) in [5.41, 5.74) is 3.76. The number of rotatable bonds is 2. The maximum Gasteiger partial charge on any atom is 0.345 e. The predicted molar refractivity (Wildman–Crippen MR) is 87.0 cm³/mol. The number of para-hydroxylation sites is 1. The highest BCUT2D eigenvalue weighted by Gasteiger charge is 2.29. The molecule has 4 heteroatoms. The van der Waals surface area contributed by atoms with E-state index in [-0.39, 0.29) is 5.97 Å². The standard InChI is InChI=1S/C19H14N2O2/c22-19(17-11-20-18-4-2-1-3-16(17)18)23-15-9-13-7-12-5-6-21(13)14(8-12)10-15/h1-7,9-12,20H,8H2. The number of allylic oxidation sites excluding steroid dienone is 5. The van der Waals surface area contributed by atoms with E-state index in [2.05, 4.69) is 28.2 Å². The Hall–Kier alpha value is -3.01.